The summed E-state index contributed by atoms with van der Waals surface area (Å²) in [6.07, 6.45) is 0.705. The van der Waals surface area contributed by atoms with E-state index in [2.05, 4.69) is 0 Å². The molecule has 0 unspecified atom stereocenters. The lowest BCUT2D eigenvalue weighted by molar-refractivity contribution is -0.130. The highest BCUT2D eigenvalue weighted by atomic mass is 16.2. The summed E-state index contributed by atoms with van der Waals surface area (Å²) in [5.41, 5.74) is 0.751. The first kappa shape index (κ1) is 11.3. The number of hydrogen-bond acceptors (Lipinski definition) is 3. The number of hydrogen-bond donors (Lipinski definition) is 0. The lowest BCUT2D eigenvalue weighted by Crippen LogP contribution is -2.43. The van der Waals surface area contributed by atoms with E-state index < -0.39 is 0 Å². The number of benzene rings is 1. The van der Waals surface area contributed by atoms with Gasteiger partial charge in [0.1, 0.15) is 6.07 Å². The number of amides is 2. The quantitative estimate of drug-likeness (QED) is 0.689. The average Bonchev–Trinajstić information content (AvgIpc) is 2.28. The van der Waals surface area contributed by atoms with E-state index in [1.54, 1.807) is 24.3 Å². The second kappa shape index (κ2) is 4.38. The highest BCUT2D eigenvalue weighted by molar-refractivity contribution is 6.17. The summed E-state index contributed by atoms with van der Waals surface area (Å²) < 4.78 is 0. The molecule has 0 atom stereocenters. The first-order valence-corrected chi connectivity index (χ1v) is 5.48. The smallest absolute Gasteiger partial charge is 0.234 e. The van der Waals surface area contributed by atoms with Gasteiger partial charge in [-0.3, -0.25) is 9.59 Å². The van der Waals surface area contributed by atoms with Crippen molar-refractivity contribution < 1.29 is 9.59 Å². The minimum atomic E-state index is -0.226. The van der Waals surface area contributed by atoms with E-state index in [-0.39, 0.29) is 17.7 Å². The van der Waals surface area contributed by atoms with Crippen LogP contribution >= 0.6 is 0 Å². The van der Waals surface area contributed by atoms with Gasteiger partial charge in [0.05, 0.1) is 11.3 Å². The van der Waals surface area contributed by atoms with E-state index in [4.69, 9.17) is 5.26 Å². The summed E-state index contributed by atoms with van der Waals surface area (Å²) in [7, 11) is 0. The highest BCUT2D eigenvalue weighted by Gasteiger charge is 2.32. The zero-order chi connectivity index (χ0) is 12.4. The molecule has 86 valence electrons. The highest BCUT2D eigenvalue weighted by Crippen LogP contribution is 2.27. The fraction of sp³-hybridized carbons (Fsp3) is 0.308. The van der Waals surface area contributed by atoms with Crippen LogP contribution in [0.4, 0.5) is 5.69 Å². The summed E-state index contributed by atoms with van der Waals surface area (Å²) >= 11 is 0. The molecule has 0 N–H and O–H groups in total. The van der Waals surface area contributed by atoms with Crippen molar-refractivity contribution in [1.29, 1.82) is 5.26 Å². The molecule has 17 heavy (non-hydrogen) atoms. The summed E-state index contributed by atoms with van der Waals surface area (Å²) in [6, 6.07) is 8.66. The van der Waals surface area contributed by atoms with Gasteiger partial charge in [-0.15, -0.1) is 0 Å². The third kappa shape index (κ3) is 2.04. The van der Waals surface area contributed by atoms with E-state index in [0.717, 1.165) is 4.90 Å². The Labute approximate surface area is 99.5 Å². The standard InChI is InChI=1S/C13H12N2O2/c1-9-6-12(16)15(13(17)7-9)11-5-3-2-4-10(11)8-14/h2-5,9H,6-7H2,1H3. The topological polar surface area (TPSA) is 61.2 Å². The SMILES string of the molecule is CC1CC(=O)N(c2ccccc2C#N)C(=O)C1. The molecule has 1 aliphatic heterocycles. The van der Waals surface area contributed by atoms with Crippen molar-refractivity contribution in [3.63, 3.8) is 0 Å². The first-order chi connectivity index (χ1) is 8.13. The number of imide groups is 1. The Morgan fingerprint density at radius 2 is 1.82 bits per heavy atom. The van der Waals surface area contributed by atoms with Crippen molar-refractivity contribution >= 4 is 17.5 Å². The van der Waals surface area contributed by atoms with Gasteiger partial charge in [0.15, 0.2) is 0 Å². The summed E-state index contributed by atoms with van der Waals surface area (Å²) in [4.78, 5) is 24.9. The number of piperidine rings is 1. The number of nitrogens with zero attached hydrogens (tertiary/aromatic N) is 2. The monoisotopic (exact) mass is 228 g/mol. The molecule has 1 fully saturated rings. The van der Waals surface area contributed by atoms with E-state index >= 15 is 0 Å². The van der Waals surface area contributed by atoms with E-state index in [9.17, 15) is 9.59 Å². The van der Waals surface area contributed by atoms with Crippen LogP contribution in [-0.2, 0) is 9.59 Å². The Morgan fingerprint density at radius 1 is 1.24 bits per heavy atom. The molecule has 0 aliphatic carbocycles. The van der Waals surface area contributed by atoms with Crippen LogP contribution in [0.2, 0.25) is 0 Å². The Kier molecular flexibility index (Phi) is 2.92. The molecule has 4 heteroatoms. The van der Waals surface area contributed by atoms with Gasteiger partial charge in [0.2, 0.25) is 11.8 Å². The molecule has 0 bridgehead atoms. The van der Waals surface area contributed by atoms with Crippen LogP contribution in [-0.4, -0.2) is 11.8 Å². The molecule has 0 spiro atoms. The molecule has 1 saturated heterocycles. The van der Waals surface area contributed by atoms with Crippen LogP contribution in [0, 0.1) is 17.2 Å². The number of carbonyl (C=O) groups excluding carboxylic acids is 2. The summed E-state index contributed by atoms with van der Waals surface area (Å²) in [6.45, 7) is 1.88. The summed E-state index contributed by atoms with van der Waals surface area (Å²) in [5.74, 6) is -0.367. The molecule has 1 aromatic carbocycles. The van der Waals surface area contributed by atoms with Gasteiger partial charge in [-0.1, -0.05) is 19.1 Å². The largest absolute Gasteiger partial charge is 0.274 e. The predicted molar refractivity (Wildman–Crippen MR) is 62.0 cm³/mol. The molecule has 1 heterocycles. The Morgan fingerprint density at radius 3 is 2.41 bits per heavy atom. The van der Waals surface area contributed by atoms with Gasteiger partial charge < -0.3 is 0 Å². The van der Waals surface area contributed by atoms with Crippen LogP contribution < -0.4 is 4.90 Å². The molecule has 1 aromatic rings. The first-order valence-electron chi connectivity index (χ1n) is 5.48. The van der Waals surface area contributed by atoms with Gasteiger partial charge in [0, 0.05) is 12.8 Å². The molecule has 0 aromatic heterocycles. The molecule has 4 nitrogen and oxygen atoms in total. The zero-order valence-electron chi connectivity index (χ0n) is 9.51. The zero-order valence-corrected chi connectivity index (χ0v) is 9.51. The van der Waals surface area contributed by atoms with Gasteiger partial charge in [-0.2, -0.15) is 5.26 Å². The van der Waals surface area contributed by atoms with Gasteiger partial charge in [-0.25, -0.2) is 4.90 Å². The number of carbonyl (C=O) groups is 2. The molecule has 2 amide bonds. The average molecular weight is 228 g/mol. The maximum Gasteiger partial charge on any atom is 0.234 e. The molecular formula is C13H12N2O2. The second-order valence-corrected chi connectivity index (χ2v) is 4.27. The van der Waals surface area contributed by atoms with Crippen molar-refractivity contribution in [2.75, 3.05) is 4.90 Å². The predicted octanol–water partition coefficient (Wildman–Crippen LogP) is 1.85. The minimum Gasteiger partial charge on any atom is -0.274 e. The van der Waals surface area contributed by atoms with Gasteiger partial charge in [-0.05, 0) is 18.1 Å². The van der Waals surface area contributed by atoms with Crippen molar-refractivity contribution in [3.8, 4) is 6.07 Å². The summed E-state index contributed by atoms with van der Waals surface area (Å²) in [5, 5.41) is 8.97. The maximum atomic E-state index is 11.9. The van der Waals surface area contributed by atoms with Gasteiger partial charge in [0.25, 0.3) is 0 Å². The van der Waals surface area contributed by atoms with Crippen LogP contribution in [0.1, 0.15) is 25.3 Å². The molecule has 1 aliphatic rings. The van der Waals surface area contributed by atoms with Crippen molar-refractivity contribution in [2.24, 2.45) is 5.92 Å². The van der Waals surface area contributed by atoms with Crippen molar-refractivity contribution in [2.45, 2.75) is 19.8 Å². The fourth-order valence-corrected chi connectivity index (χ4v) is 2.02. The Hall–Kier alpha value is -2.15. The Balaban J connectivity index is 2.43. The maximum absolute atomic E-state index is 11.9. The van der Waals surface area contributed by atoms with Crippen LogP contribution in [0.5, 0.6) is 0 Å². The van der Waals surface area contributed by atoms with E-state index in [1.807, 2.05) is 13.0 Å². The second-order valence-electron chi connectivity index (χ2n) is 4.27. The third-order valence-electron chi connectivity index (χ3n) is 2.81. The number of para-hydroxylation sites is 1. The number of rotatable bonds is 1. The van der Waals surface area contributed by atoms with E-state index in [1.165, 1.54) is 0 Å². The number of nitriles is 1. The van der Waals surface area contributed by atoms with Crippen LogP contribution in [0.3, 0.4) is 0 Å². The van der Waals surface area contributed by atoms with Crippen molar-refractivity contribution in [1.82, 2.24) is 0 Å². The van der Waals surface area contributed by atoms with Crippen molar-refractivity contribution in [3.05, 3.63) is 29.8 Å². The molecule has 2 rings (SSSR count). The Bertz CT molecular complexity index is 498. The lowest BCUT2D eigenvalue weighted by atomic mass is 9.96. The number of anilines is 1. The minimum absolute atomic E-state index is 0.0838. The van der Waals surface area contributed by atoms with Gasteiger partial charge >= 0.3 is 0 Å². The fourth-order valence-electron chi connectivity index (χ4n) is 2.02. The molecule has 0 radical (unpaired) electrons. The molecule has 0 saturated carbocycles. The normalized spacial score (nSPS) is 17.1. The van der Waals surface area contributed by atoms with Crippen LogP contribution in [0.15, 0.2) is 24.3 Å². The third-order valence-corrected chi connectivity index (χ3v) is 2.81. The van der Waals surface area contributed by atoms with Crippen LogP contribution in [0.25, 0.3) is 0 Å². The lowest BCUT2D eigenvalue weighted by Gasteiger charge is -2.28. The molecular weight excluding hydrogens is 216 g/mol. The van der Waals surface area contributed by atoms with E-state index in [0.29, 0.717) is 24.1 Å².